The Kier molecular flexibility index (Phi) is 9.38. The van der Waals surface area contributed by atoms with Crippen LogP contribution < -0.4 is 5.32 Å². The smallest absolute Gasteiger partial charge is 0.159 e. The molecule has 298 valence electrons. The number of phenolic OH excluding ortho intramolecular Hbond substituents is 2. The number of aliphatic hydroxyl groups is 1. The van der Waals surface area contributed by atoms with E-state index >= 15 is 0 Å². The number of ketones is 2. The third-order valence-corrected chi connectivity index (χ3v) is 17.2. The predicted octanol–water partition coefficient (Wildman–Crippen LogP) is 9.14. The molecule has 7 nitrogen and oxygen atoms in total. The number of hydrogen-bond acceptors (Lipinski definition) is 7. The zero-order valence-electron chi connectivity index (χ0n) is 34.5. The number of fused-ring (bicyclic) bond motifs is 5. The quantitative estimate of drug-likeness (QED) is 0.189. The molecule has 2 aromatic rings. The maximum Gasteiger partial charge on any atom is 0.159 e. The lowest BCUT2D eigenvalue weighted by molar-refractivity contribution is -0.183. The van der Waals surface area contributed by atoms with Crippen LogP contribution in [-0.2, 0) is 20.9 Å². The Morgan fingerprint density at radius 1 is 0.909 bits per heavy atom. The fourth-order valence-electron chi connectivity index (χ4n) is 14.5. The average Bonchev–Trinajstić information content (AvgIpc) is 3.42. The molecule has 55 heavy (non-hydrogen) atoms. The average molecular weight is 752 g/mol. The monoisotopic (exact) mass is 751 g/mol. The van der Waals surface area contributed by atoms with Gasteiger partial charge in [-0.15, -0.1) is 0 Å². The zero-order valence-corrected chi connectivity index (χ0v) is 34.5. The van der Waals surface area contributed by atoms with E-state index in [-0.39, 0.29) is 69.1 Å². The maximum absolute atomic E-state index is 14.4. The molecule has 2 aromatic carbocycles. The van der Waals surface area contributed by atoms with Gasteiger partial charge in [0, 0.05) is 29.7 Å². The van der Waals surface area contributed by atoms with E-state index in [0.29, 0.717) is 31.2 Å². The lowest BCUT2D eigenvalue weighted by Crippen LogP contribution is -2.63. The van der Waals surface area contributed by atoms with Gasteiger partial charge in [0.1, 0.15) is 23.4 Å². The molecule has 8 rings (SSSR count). The van der Waals surface area contributed by atoms with Crippen LogP contribution in [0.1, 0.15) is 141 Å². The molecular formula is C48H65NO6. The van der Waals surface area contributed by atoms with E-state index in [2.05, 4.69) is 65.9 Å². The summed E-state index contributed by atoms with van der Waals surface area (Å²) in [5, 5.41) is 35.9. The lowest BCUT2D eigenvalue weighted by Gasteiger charge is -2.68. The molecule has 0 spiro atoms. The standard InChI is InChI=1S/C48H65NO6/c1-27(19-37(52)43-48(7,55-43)35-14-10-13-33(35)29-11-9-12-31(50)22-29)41-36-15-16-40-45(4)24-34(30-20-28(26-49-8)21-32(51)23-30)42(54)44(2,3)39(45)17-18-46(40,5)47(36,6)25-38(41)53/h9,11-12,20-23,27,33-35,37,39-40,43,49-52H,10,13-19,24-26H2,1-8H3. The van der Waals surface area contributed by atoms with Crippen LogP contribution in [0, 0.1) is 45.3 Å². The first kappa shape index (κ1) is 38.9. The first-order valence-corrected chi connectivity index (χ1v) is 21.3. The van der Waals surface area contributed by atoms with E-state index in [9.17, 15) is 24.9 Å². The molecule has 12 unspecified atom stereocenters. The molecule has 0 radical (unpaired) electrons. The Labute approximate surface area is 328 Å². The summed E-state index contributed by atoms with van der Waals surface area (Å²) in [5.74, 6) is 1.83. The van der Waals surface area contributed by atoms with Crippen molar-refractivity contribution in [1.82, 2.24) is 5.32 Å². The highest BCUT2D eigenvalue weighted by Gasteiger charge is 2.69. The van der Waals surface area contributed by atoms with E-state index in [1.807, 2.05) is 19.2 Å². The van der Waals surface area contributed by atoms with Crippen molar-refractivity contribution in [1.29, 1.82) is 0 Å². The van der Waals surface area contributed by atoms with Crippen LogP contribution in [0.4, 0.5) is 0 Å². The summed E-state index contributed by atoms with van der Waals surface area (Å²) < 4.78 is 6.43. The number of ether oxygens (including phenoxy) is 1. The molecule has 7 heteroatoms. The van der Waals surface area contributed by atoms with Crippen LogP contribution in [0.5, 0.6) is 11.5 Å². The number of carbonyl (C=O) groups excluding carboxylic acids is 2. The van der Waals surface area contributed by atoms with Crippen LogP contribution in [0.15, 0.2) is 53.6 Å². The fourth-order valence-corrected chi connectivity index (χ4v) is 14.5. The number of allylic oxidation sites excluding steroid dienone is 2. The van der Waals surface area contributed by atoms with E-state index in [1.165, 1.54) is 5.57 Å². The molecule has 1 saturated heterocycles. The summed E-state index contributed by atoms with van der Waals surface area (Å²) >= 11 is 0. The Morgan fingerprint density at radius 3 is 2.38 bits per heavy atom. The highest BCUT2D eigenvalue weighted by molar-refractivity contribution is 6.00. The van der Waals surface area contributed by atoms with Crippen molar-refractivity contribution in [2.75, 3.05) is 7.05 Å². The molecule has 4 saturated carbocycles. The normalized spacial score (nSPS) is 40.4. The minimum atomic E-state index is -0.663. The highest BCUT2D eigenvalue weighted by atomic mass is 16.6. The minimum absolute atomic E-state index is 0.0709. The van der Waals surface area contributed by atoms with Gasteiger partial charge in [-0.2, -0.15) is 0 Å². The van der Waals surface area contributed by atoms with Gasteiger partial charge in [0.25, 0.3) is 0 Å². The van der Waals surface area contributed by atoms with Gasteiger partial charge >= 0.3 is 0 Å². The highest BCUT2D eigenvalue weighted by Crippen LogP contribution is 2.75. The second kappa shape index (κ2) is 13.3. The third kappa shape index (κ3) is 5.82. The fraction of sp³-hybridized carbons (Fsp3) is 0.667. The summed E-state index contributed by atoms with van der Waals surface area (Å²) in [5.41, 5.74) is 3.90. The van der Waals surface area contributed by atoms with Crippen molar-refractivity contribution in [2.45, 2.75) is 149 Å². The molecule has 0 amide bonds. The number of carbonyl (C=O) groups is 2. The number of aromatic hydroxyl groups is 2. The molecule has 6 aliphatic rings. The van der Waals surface area contributed by atoms with Gasteiger partial charge in [-0.05, 0) is 152 Å². The first-order valence-electron chi connectivity index (χ1n) is 21.3. The summed E-state index contributed by atoms with van der Waals surface area (Å²) in [7, 11) is 1.89. The van der Waals surface area contributed by atoms with Crippen molar-refractivity contribution in [3.05, 3.63) is 70.3 Å². The van der Waals surface area contributed by atoms with Gasteiger partial charge in [0.15, 0.2) is 5.78 Å². The maximum atomic E-state index is 14.4. The molecule has 5 fully saturated rings. The Balaban J connectivity index is 1.04. The molecule has 0 bridgehead atoms. The summed E-state index contributed by atoms with van der Waals surface area (Å²) in [6.45, 7) is 16.5. The van der Waals surface area contributed by atoms with Crippen molar-refractivity contribution in [2.24, 2.45) is 45.3 Å². The number of benzene rings is 2. The van der Waals surface area contributed by atoms with Crippen LogP contribution in [-0.4, -0.2) is 51.7 Å². The number of nitrogens with one attached hydrogen (secondary N) is 1. The van der Waals surface area contributed by atoms with E-state index in [1.54, 1.807) is 18.2 Å². The van der Waals surface area contributed by atoms with Crippen LogP contribution in [0.2, 0.25) is 0 Å². The summed E-state index contributed by atoms with van der Waals surface area (Å²) in [6, 6.07) is 13.3. The van der Waals surface area contributed by atoms with Gasteiger partial charge < -0.3 is 25.4 Å². The van der Waals surface area contributed by atoms with E-state index < -0.39 is 17.1 Å². The van der Waals surface area contributed by atoms with E-state index in [4.69, 9.17) is 4.74 Å². The van der Waals surface area contributed by atoms with Gasteiger partial charge in [0.05, 0.1) is 11.7 Å². The SMILES string of the molecule is CNCc1cc(O)cc(C2CC3(C)C(CCC4(C)C3CCC3=C(C(C)CC(O)C5OC5(C)C5CCCC5c5cccc(O)c5)C(=O)CC34C)C(C)(C)C2=O)c1. The second-order valence-corrected chi connectivity index (χ2v) is 20.4. The number of epoxide rings is 1. The Bertz CT molecular complexity index is 1920. The molecular weight excluding hydrogens is 687 g/mol. The molecule has 0 aromatic heterocycles. The Hall–Kier alpha value is -3.00. The van der Waals surface area contributed by atoms with Crippen molar-refractivity contribution < 1.29 is 29.6 Å². The number of Topliss-reactive ketones (excluding diaryl/α,β-unsaturated/α-hetero) is 2. The summed E-state index contributed by atoms with van der Waals surface area (Å²) in [6.07, 6.45) is 7.87. The van der Waals surface area contributed by atoms with Gasteiger partial charge in [-0.3, -0.25) is 9.59 Å². The zero-order chi connectivity index (χ0) is 39.5. The topological polar surface area (TPSA) is 119 Å². The van der Waals surface area contributed by atoms with Crippen molar-refractivity contribution >= 4 is 11.6 Å². The minimum Gasteiger partial charge on any atom is -0.508 e. The van der Waals surface area contributed by atoms with Crippen LogP contribution in [0.3, 0.4) is 0 Å². The lowest BCUT2D eigenvalue weighted by atomic mass is 9.35. The number of rotatable bonds is 9. The molecule has 1 heterocycles. The number of phenols is 2. The molecule has 1 aliphatic heterocycles. The largest absolute Gasteiger partial charge is 0.508 e. The number of aliphatic hydroxyl groups excluding tert-OH is 1. The van der Waals surface area contributed by atoms with E-state index in [0.717, 1.165) is 73.6 Å². The van der Waals surface area contributed by atoms with Crippen molar-refractivity contribution in [3.63, 3.8) is 0 Å². The van der Waals surface area contributed by atoms with Gasteiger partial charge in [-0.1, -0.05) is 71.7 Å². The van der Waals surface area contributed by atoms with Gasteiger partial charge in [0.2, 0.25) is 0 Å². The van der Waals surface area contributed by atoms with Crippen molar-refractivity contribution in [3.8, 4) is 11.5 Å². The van der Waals surface area contributed by atoms with Gasteiger partial charge in [-0.25, -0.2) is 0 Å². The second-order valence-electron chi connectivity index (χ2n) is 20.4. The number of hydrogen-bond donors (Lipinski definition) is 4. The van der Waals surface area contributed by atoms with Crippen LogP contribution in [0.25, 0.3) is 0 Å². The summed E-state index contributed by atoms with van der Waals surface area (Å²) in [4.78, 5) is 28.8. The molecule has 12 atom stereocenters. The third-order valence-electron chi connectivity index (χ3n) is 17.2. The molecule has 5 aliphatic carbocycles. The van der Waals surface area contributed by atoms with Crippen LogP contribution >= 0.6 is 0 Å². The Morgan fingerprint density at radius 2 is 1.65 bits per heavy atom. The predicted molar refractivity (Wildman–Crippen MR) is 215 cm³/mol. The first-order chi connectivity index (χ1) is 25.9. The molecule has 4 N–H and O–H groups in total.